The van der Waals surface area contributed by atoms with Gasteiger partial charge in [0.05, 0.1) is 18.3 Å². The molecule has 4 aromatic rings. The van der Waals surface area contributed by atoms with Crippen LogP contribution in [0.3, 0.4) is 0 Å². The van der Waals surface area contributed by atoms with Crippen molar-refractivity contribution < 1.29 is 19.1 Å². The lowest BCUT2D eigenvalue weighted by Gasteiger charge is -2.08. The Labute approximate surface area is 209 Å². The number of hydrogen-bond donors (Lipinski definition) is 2. The molecule has 0 aliphatic heterocycles. The zero-order chi connectivity index (χ0) is 24.6. The summed E-state index contributed by atoms with van der Waals surface area (Å²) in [4.78, 5) is 37.2. The third-order valence-corrected chi connectivity index (χ3v) is 5.51. The average molecular weight is 530 g/mol. The van der Waals surface area contributed by atoms with E-state index in [2.05, 4.69) is 31.8 Å². The van der Waals surface area contributed by atoms with Gasteiger partial charge in [-0.05, 0) is 47.2 Å². The molecule has 0 heterocycles. The maximum Gasteiger partial charge on any atom is 0.343 e. The Hall–Kier alpha value is -4.30. The summed E-state index contributed by atoms with van der Waals surface area (Å²) >= 11 is 3.37. The Morgan fingerprint density at radius 2 is 1.63 bits per heavy atom. The number of nitrogens with zero attached hydrogens (tertiary/aromatic N) is 1. The van der Waals surface area contributed by atoms with Crippen molar-refractivity contribution in [1.29, 1.82) is 0 Å². The molecule has 0 aliphatic carbocycles. The van der Waals surface area contributed by atoms with Crippen LogP contribution in [0.4, 0.5) is 0 Å². The van der Waals surface area contributed by atoms with Crippen LogP contribution in [-0.2, 0) is 4.79 Å². The number of amides is 2. The maximum absolute atomic E-state index is 12.6. The van der Waals surface area contributed by atoms with Gasteiger partial charge in [-0.1, -0.05) is 70.5 Å². The molecule has 0 radical (unpaired) electrons. The number of carbonyl (C=O) groups is 3. The van der Waals surface area contributed by atoms with Crippen molar-refractivity contribution in [2.45, 2.75) is 0 Å². The van der Waals surface area contributed by atoms with Crippen LogP contribution in [0.1, 0.15) is 26.3 Å². The molecule has 35 heavy (non-hydrogen) atoms. The number of fused-ring (bicyclic) bond motifs is 1. The highest BCUT2D eigenvalue weighted by Gasteiger charge is 2.12. The quantitative estimate of drug-likeness (QED) is 0.157. The zero-order valence-corrected chi connectivity index (χ0v) is 20.0. The summed E-state index contributed by atoms with van der Waals surface area (Å²) in [5.74, 6) is -1.09. The zero-order valence-electron chi connectivity index (χ0n) is 18.4. The van der Waals surface area contributed by atoms with Gasteiger partial charge in [-0.3, -0.25) is 9.59 Å². The molecule has 0 saturated carbocycles. The smallest absolute Gasteiger partial charge is 0.343 e. The van der Waals surface area contributed by atoms with E-state index in [0.717, 1.165) is 15.2 Å². The number of carbonyl (C=O) groups excluding carboxylic acids is 3. The lowest BCUT2D eigenvalue weighted by Crippen LogP contribution is -2.35. The maximum atomic E-state index is 12.6. The van der Waals surface area contributed by atoms with Gasteiger partial charge in [0.1, 0.15) is 5.75 Å². The molecule has 174 valence electrons. The monoisotopic (exact) mass is 529 g/mol. The number of rotatable bonds is 7. The summed E-state index contributed by atoms with van der Waals surface area (Å²) in [6, 6.07) is 26.6. The topological polar surface area (TPSA) is 96.9 Å². The fraction of sp³-hybridized carbons (Fsp3) is 0.0370. The fourth-order valence-electron chi connectivity index (χ4n) is 3.34. The van der Waals surface area contributed by atoms with Gasteiger partial charge in [-0.2, -0.15) is 5.10 Å². The number of halogens is 1. The molecule has 0 aromatic heterocycles. The van der Waals surface area contributed by atoms with Gasteiger partial charge in [-0.25, -0.2) is 10.2 Å². The summed E-state index contributed by atoms with van der Waals surface area (Å²) in [6.07, 6.45) is 1.36. The van der Waals surface area contributed by atoms with E-state index in [1.807, 2.05) is 36.4 Å². The van der Waals surface area contributed by atoms with Crippen molar-refractivity contribution in [2.75, 3.05) is 6.54 Å². The number of hydrazone groups is 1. The Morgan fingerprint density at radius 3 is 2.46 bits per heavy atom. The van der Waals surface area contributed by atoms with Crippen LogP contribution in [0.5, 0.6) is 5.75 Å². The Bertz CT molecular complexity index is 1420. The Morgan fingerprint density at radius 1 is 0.886 bits per heavy atom. The third kappa shape index (κ3) is 6.18. The second-order valence-corrected chi connectivity index (χ2v) is 8.36. The Balaban J connectivity index is 1.36. The first-order valence-electron chi connectivity index (χ1n) is 10.7. The highest BCUT2D eigenvalue weighted by molar-refractivity contribution is 9.10. The van der Waals surface area contributed by atoms with Crippen molar-refractivity contribution in [3.05, 3.63) is 112 Å². The number of hydrogen-bond acceptors (Lipinski definition) is 5. The van der Waals surface area contributed by atoms with E-state index >= 15 is 0 Å². The van der Waals surface area contributed by atoms with Gasteiger partial charge >= 0.3 is 5.97 Å². The number of nitrogens with one attached hydrogen (secondary N) is 2. The van der Waals surface area contributed by atoms with E-state index in [1.54, 1.807) is 54.6 Å². The van der Waals surface area contributed by atoms with Crippen LogP contribution in [0.25, 0.3) is 10.8 Å². The van der Waals surface area contributed by atoms with Crippen molar-refractivity contribution in [2.24, 2.45) is 5.10 Å². The molecule has 8 heteroatoms. The van der Waals surface area contributed by atoms with Gasteiger partial charge < -0.3 is 10.1 Å². The Kier molecular flexibility index (Phi) is 7.64. The minimum atomic E-state index is -0.511. The molecule has 2 N–H and O–H groups in total. The van der Waals surface area contributed by atoms with E-state index in [0.29, 0.717) is 16.7 Å². The van der Waals surface area contributed by atoms with Crippen molar-refractivity contribution in [3.63, 3.8) is 0 Å². The van der Waals surface area contributed by atoms with E-state index in [-0.39, 0.29) is 18.2 Å². The first-order valence-corrected chi connectivity index (χ1v) is 11.5. The summed E-state index contributed by atoms with van der Waals surface area (Å²) < 4.78 is 6.23. The molecule has 0 aliphatic rings. The van der Waals surface area contributed by atoms with Gasteiger partial charge in [0.15, 0.2) is 0 Å². The molecule has 4 rings (SSSR count). The van der Waals surface area contributed by atoms with Crippen LogP contribution in [0, 0.1) is 0 Å². The summed E-state index contributed by atoms with van der Waals surface area (Å²) in [5.41, 5.74) is 3.74. The molecule has 0 spiro atoms. The van der Waals surface area contributed by atoms with Crippen molar-refractivity contribution in [3.8, 4) is 5.75 Å². The highest BCUT2D eigenvalue weighted by atomic mass is 79.9. The van der Waals surface area contributed by atoms with Gasteiger partial charge in [0.25, 0.3) is 11.8 Å². The summed E-state index contributed by atoms with van der Waals surface area (Å²) in [5, 5.41) is 8.28. The standard InChI is InChI=1S/C27H20BrN3O4/c28-21-13-14-24(35-27(34)19-8-2-1-3-9-19)20(15-21)16-30-31-25(32)17-29-26(33)23-12-6-10-18-7-4-5-11-22(18)23/h1-16H,17H2,(H,29,33)(H,31,32)/b30-16+. The predicted octanol–water partition coefficient (Wildman–Crippen LogP) is 4.70. The molecular formula is C27H20BrN3O4. The normalized spacial score (nSPS) is 10.8. The lowest BCUT2D eigenvalue weighted by atomic mass is 10.0. The van der Waals surface area contributed by atoms with E-state index < -0.39 is 11.9 Å². The average Bonchev–Trinajstić information content (AvgIpc) is 2.89. The fourth-order valence-corrected chi connectivity index (χ4v) is 3.72. The van der Waals surface area contributed by atoms with E-state index in [4.69, 9.17) is 4.74 Å². The van der Waals surface area contributed by atoms with Gasteiger partial charge in [-0.15, -0.1) is 0 Å². The molecular weight excluding hydrogens is 510 g/mol. The molecule has 2 amide bonds. The van der Waals surface area contributed by atoms with Crippen LogP contribution in [0.2, 0.25) is 0 Å². The van der Waals surface area contributed by atoms with Crippen molar-refractivity contribution in [1.82, 2.24) is 10.7 Å². The second-order valence-electron chi connectivity index (χ2n) is 7.44. The van der Waals surface area contributed by atoms with Crippen LogP contribution < -0.4 is 15.5 Å². The van der Waals surface area contributed by atoms with Crippen molar-refractivity contribution >= 4 is 50.7 Å². The summed E-state index contributed by atoms with van der Waals surface area (Å²) in [6.45, 7) is -0.256. The number of benzene rings is 4. The molecule has 0 unspecified atom stereocenters. The predicted molar refractivity (Wildman–Crippen MR) is 138 cm³/mol. The molecule has 7 nitrogen and oxygen atoms in total. The molecule has 4 aromatic carbocycles. The first kappa shape index (κ1) is 23.8. The highest BCUT2D eigenvalue weighted by Crippen LogP contribution is 2.23. The molecule has 0 atom stereocenters. The minimum Gasteiger partial charge on any atom is -0.422 e. The minimum absolute atomic E-state index is 0.256. The first-order chi connectivity index (χ1) is 17.0. The SMILES string of the molecule is O=C(CNC(=O)c1cccc2ccccc12)N/N=C/c1cc(Br)ccc1OC(=O)c1ccccc1. The van der Waals surface area contributed by atoms with E-state index in [1.165, 1.54) is 6.21 Å². The summed E-state index contributed by atoms with van der Waals surface area (Å²) in [7, 11) is 0. The third-order valence-electron chi connectivity index (χ3n) is 5.02. The molecule has 0 saturated heterocycles. The van der Waals surface area contributed by atoms with Crippen LogP contribution >= 0.6 is 15.9 Å². The van der Waals surface area contributed by atoms with E-state index in [9.17, 15) is 14.4 Å². The van der Waals surface area contributed by atoms with Crippen LogP contribution in [0.15, 0.2) is 101 Å². The lowest BCUT2D eigenvalue weighted by molar-refractivity contribution is -0.120. The second kappa shape index (κ2) is 11.2. The largest absolute Gasteiger partial charge is 0.422 e. The van der Waals surface area contributed by atoms with Gasteiger partial charge in [0.2, 0.25) is 0 Å². The van der Waals surface area contributed by atoms with Gasteiger partial charge in [0, 0.05) is 15.6 Å². The number of esters is 1. The molecule has 0 fully saturated rings. The number of ether oxygens (including phenoxy) is 1. The van der Waals surface area contributed by atoms with Crippen LogP contribution in [-0.4, -0.2) is 30.5 Å². The molecule has 0 bridgehead atoms.